The molecule has 1 N–H and O–H groups in total. The van der Waals surface area contributed by atoms with Gasteiger partial charge in [0.05, 0.1) is 12.7 Å². The van der Waals surface area contributed by atoms with Crippen LogP contribution in [0.25, 0.3) is 0 Å². The van der Waals surface area contributed by atoms with Gasteiger partial charge in [0.1, 0.15) is 5.82 Å². The van der Waals surface area contributed by atoms with Gasteiger partial charge in [-0.1, -0.05) is 36.4 Å². The largest absolute Gasteiger partial charge is 0.372 e. The van der Waals surface area contributed by atoms with Crippen molar-refractivity contribution in [3.8, 4) is 0 Å². The third-order valence-corrected chi connectivity index (χ3v) is 4.11. The minimum Gasteiger partial charge on any atom is -0.372 e. The minimum atomic E-state index is -0.188. The van der Waals surface area contributed by atoms with Crippen molar-refractivity contribution in [2.45, 2.75) is 25.0 Å². The summed E-state index contributed by atoms with van der Waals surface area (Å²) < 4.78 is 19.4. The summed E-state index contributed by atoms with van der Waals surface area (Å²) in [6.07, 6.45) is 1.72. The molecule has 0 aliphatic carbocycles. The van der Waals surface area contributed by atoms with Crippen molar-refractivity contribution in [2.75, 3.05) is 13.7 Å². The maximum absolute atomic E-state index is 13.4. The highest BCUT2D eigenvalue weighted by Gasteiger charge is 2.27. The number of hydrogen-bond acceptors (Lipinski definition) is 2. The van der Waals surface area contributed by atoms with E-state index < -0.39 is 0 Å². The smallest absolute Gasteiger partial charge is 0.123 e. The Morgan fingerprint density at radius 3 is 2.90 bits per heavy atom. The molecule has 2 aromatic carbocycles. The Bertz CT molecular complexity index is 614. The SMILES string of the molecule is CNC(Cc1cccc(F)c1)C1OCCc2ccccc21. The summed E-state index contributed by atoms with van der Waals surface area (Å²) in [5, 5.41) is 3.33. The van der Waals surface area contributed by atoms with Crippen LogP contribution in [-0.4, -0.2) is 19.7 Å². The second-order valence-electron chi connectivity index (χ2n) is 5.47. The Labute approximate surface area is 125 Å². The van der Waals surface area contributed by atoms with E-state index in [-0.39, 0.29) is 18.0 Å². The van der Waals surface area contributed by atoms with Gasteiger partial charge in [0.2, 0.25) is 0 Å². The Morgan fingerprint density at radius 2 is 2.10 bits per heavy atom. The third kappa shape index (κ3) is 3.14. The van der Waals surface area contributed by atoms with Crippen molar-refractivity contribution >= 4 is 0 Å². The summed E-state index contributed by atoms with van der Waals surface area (Å²) in [5.74, 6) is -0.188. The van der Waals surface area contributed by atoms with Crippen LogP contribution in [0.5, 0.6) is 0 Å². The quantitative estimate of drug-likeness (QED) is 0.931. The molecule has 2 atom stereocenters. The molecule has 110 valence electrons. The Kier molecular flexibility index (Phi) is 4.32. The number of rotatable bonds is 4. The fraction of sp³-hybridized carbons (Fsp3) is 0.333. The molecule has 1 heterocycles. The van der Waals surface area contributed by atoms with Crippen molar-refractivity contribution in [1.29, 1.82) is 0 Å². The zero-order valence-corrected chi connectivity index (χ0v) is 12.2. The van der Waals surface area contributed by atoms with Gasteiger partial charge in [0.15, 0.2) is 0 Å². The van der Waals surface area contributed by atoms with Crippen LogP contribution < -0.4 is 5.32 Å². The molecule has 0 saturated heterocycles. The van der Waals surface area contributed by atoms with Crippen molar-refractivity contribution < 1.29 is 9.13 Å². The maximum Gasteiger partial charge on any atom is 0.123 e. The molecule has 0 bridgehead atoms. The van der Waals surface area contributed by atoms with Gasteiger partial charge >= 0.3 is 0 Å². The number of benzene rings is 2. The van der Waals surface area contributed by atoms with Gasteiger partial charge in [-0.2, -0.15) is 0 Å². The molecule has 0 fully saturated rings. The molecule has 1 aliphatic rings. The Hall–Kier alpha value is -1.71. The number of fused-ring (bicyclic) bond motifs is 1. The van der Waals surface area contributed by atoms with Crippen LogP contribution in [0.2, 0.25) is 0 Å². The maximum atomic E-state index is 13.4. The van der Waals surface area contributed by atoms with E-state index in [1.165, 1.54) is 17.2 Å². The molecular weight excluding hydrogens is 265 g/mol. The second-order valence-corrected chi connectivity index (χ2v) is 5.47. The van der Waals surface area contributed by atoms with Crippen molar-refractivity contribution in [3.05, 3.63) is 71.0 Å². The normalized spacial score (nSPS) is 19.0. The van der Waals surface area contributed by atoms with Gasteiger partial charge < -0.3 is 10.1 Å². The number of hydrogen-bond donors (Lipinski definition) is 1. The van der Waals surface area contributed by atoms with Gasteiger partial charge in [0.25, 0.3) is 0 Å². The standard InChI is InChI=1S/C18H20FNO/c1-20-17(12-13-5-4-7-15(19)11-13)18-16-8-3-2-6-14(16)9-10-21-18/h2-8,11,17-18,20H,9-10,12H2,1H3. The van der Waals surface area contributed by atoms with Crippen LogP contribution in [0.4, 0.5) is 4.39 Å². The molecule has 0 radical (unpaired) electrons. The lowest BCUT2D eigenvalue weighted by molar-refractivity contribution is 0.0172. The molecule has 0 amide bonds. The van der Waals surface area contributed by atoms with Gasteiger partial charge in [-0.3, -0.25) is 0 Å². The highest BCUT2D eigenvalue weighted by Crippen LogP contribution is 2.30. The molecule has 0 aromatic heterocycles. The van der Waals surface area contributed by atoms with Crippen LogP contribution in [0.1, 0.15) is 22.8 Å². The fourth-order valence-corrected chi connectivity index (χ4v) is 3.04. The molecule has 2 aromatic rings. The number of ether oxygens (including phenoxy) is 1. The highest BCUT2D eigenvalue weighted by molar-refractivity contribution is 5.32. The van der Waals surface area contributed by atoms with Crippen molar-refractivity contribution in [1.82, 2.24) is 5.32 Å². The van der Waals surface area contributed by atoms with Crippen LogP contribution in [0, 0.1) is 5.82 Å². The first kappa shape index (κ1) is 14.2. The molecule has 3 heteroatoms. The first-order chi connectivity index (χ1) is 10.3. The summed E-state index contributed by atoms with van der Waals surface area (Å²) in [6.45, 7) is 0.739. The van der Waals surface area contributed by atoms with Gasteiger partial charge in [-0.05, 0) is 48.7 Å². The van der Waals surface area contributed by atoms with Gasteiger partial charge in [-0.25, -0.2) is 4.39 Å². The van der Waals surface area contributed by atoms with E-state index in [2.05, 4.69) is 29.6 Å². The van der Waals surface area contributed by atoms with Crippen LogP contribution >= 0.6 is 0 Å². The van der Waals surface area contributed by atoms with E-state index in [4.69, 9.17) is 4.74 Å². The highest BCUT2D eigenvalue weighted by atomic mass is 19.1. The molecule has 0 spiro atoms. The number of halogens is 1. The van der Waals surface area contributed by atoms with Gasteiger partial charge in [0, 0.05) is 6.04 Å². The molecule has 1 aliphatic heterocycles. The van der Waals surface area contributed by atoms with E-state index in [0.29, 0.717) is 0 Å². The molecule has 0 saturated carbocycles. The minimum absolute atomic E-state index is 0.0169. The fourth-order valence-electron chi connectivity index (χ4n) is 3.04. The summed E-state index contributed by atoms with van der Waals surface area (Å²) in [4.78, 5) is 0. The van der Waals surface area contributed by atoms with Crippen LogP contribution in [0.3, 0.4) is 0 Å². The summed E-state index contributed by atoms with van der Waals surface area (Å²) in [7, 11) is 1.94. The summed E-state index contributed by atoms with van der Waals surface area (Å²) in [5.41, 5.74) is 3.59. The lowest BCUT2D eigenvalue weighted by Gasteiger charge is -2.32. The molecular formula is C18H20FNO. The second kappa shape index (κ2) is 6.37. The first-order valence-electron chi connectivity index (χ1n) is 7.39. The topological polar surface area (TPSA) is 21.3 Å². The lowest BCUT2D eigenvalue weighted by Crippen LogP contribution is -2.38. The summed E-state index contributed by atoms with van der Waals surface area (Å²) >= 11 is 0. The average Bonchev–Trinajstić information content (AvgIpc) is 2.52. The number of likely N-dealkylation sites (N-methyl/N-ethyl adjacent to an activating group) is 1. The van der Waals surface area contributed by atoms with Crippen molar-refractivity contribution in [3.63, 3.8) is 0 Å². The predicted octanol–water partition coefficient (Wildman–Crippen LogP) is 3.27. The van der Waals surface area contributed by atoms with E-state index in [1.54, 1.807) is 12.1 Å². The third-order valence-electron chi connectivity index (χ3n) is 4.11. The number of nitrogens with one attached hydrogen (secondary N) is 1. The van der Waals surface area contributed by atoms with Crippen LogP contribution in [0.15, 0.2) is 48.5 Å². The predicted molar refractivity (Wildman–Crippen MR) is 81.8 cm³/mol. The molecule has 3 rings (SSSR count). The van der Waals surface area contributed by atoms with E-state index in [1.807, 2.05) is 13.1 Å². The molecule has 2 nitrogen and oxygen atoms in total. The van der Waals surface area contributed by atoms with Crippen LogP contribution in [-0.2, 0) is 17.6 Å². The molecule has 21 heavy (non-hydrogen) atoms. The first-order valence-corrected chi connectivity index (χ1v) is 7.39. The average molecular weight is 285 g/mol. The zero-order chi connectivity index (χ0) is 14.7. The Balaban J connectivity index is 1.84. The van der Waals surface area contributed by atoms with Crippen molar-refractivity contribution in [2.24, 2.45) is 0 Å². The van der Waals surface area contributed by atoms with Gasteiger partial charge in [-0.15, -0.1) is 0 Å². The summed E-state index contributed by atoms with van der Waals surface area (Å²) in [6, 6.07) is 15.3. The van der Waals surface area contributed by atoms with E-state index in [0.717, 1.165) is 25.0 Å². The molecule has 2 unspecified atom stereocenters. The van der Waals surface area contributed by atoms with E-state index in [9.17, 15) is 4.39 Å². The zero-order valence-electron chi connectivity index (χ0n) is 12.2. The Morgan fingerprint density at radius 1 is 1.24 bits per heavy atom. The lowest BCUT2D eigenvalue weighted by atomic mass is 9.90. The monoisotopic (exact) mass is 285 g/mol. The van der Waals surface area contributed by atoms with E-state index >= 15 is 0 Å².